The zero-order chi connectivity index (χ0) is 18.9. The molecule has 1 saturated carbocycles. The molecule has 2 aromatic rings. The predicted molar refractivity (Wildman–Crippen MR) is 97.4 cm³/mol. The summed E-state index contributed by atoms with van der Waals surface area (Å²) in [7, 11) is 0. The molecule has 27 heavy (non-hydrogen) atoms. The Kier molecular flexibility index (Phi) is 4.96. The predicted octanol–water partition coefficient (Wildman–Crippen LogP) is 4.06. The highest BCUT2D eigenvalue weighted by molar-refractivity contribution is 5.44. The van der Waals surface area contributed by atoms with Gasteiger partial charge in [-0.25, -0.2) is 4.68 Å². The van der Waals surface area contributed by atoms with Gasteiger partial charge in [0.05, 0.1) is 18.8 Å². The standard InChI is InChI=1S/C21H23F2N3O/c1-15-5-6-17(10-9-16-7-8-16)12-19(15)21(22,23)20-14-26(25-24-20)13-18-4-2-3-11-27-18/h5-6,12,14,16,18H,2-4,7-8,11,13H2,1H3. The van der Waals surface area contributed by atoms with Gasteiger partial charge in [0.15, 0.2) is 5.69 Å². The van der Waals surface area contributed by atoms with E-state index in [0.29, 0.717) is 23.6 Å². The summed E-state index contributed by atoms with van der Waals surface area (Å²) >= 11 is 0. The molecule has 142 valence electrons. The first-order valence-corrected chi connectivity index (χ1v) is 9.55. The third-order valence-electron chi connectivity index (χ3n) is 5.10. The molecule has 4 nitrogen and oxygen atoms in total. The summed E-state index contributed by atoms with van der Waals surface area (Å²) in [5, 5.41) is 7.66. The molecular weight excluding hydrogens is 348 g/mol. The maximum absolute atomic E-state index is 15.1. The Bertz CT molecular complexity index is 871. The first kappa shape index (κ1) is 18.1. The third-order valence-corrected chi connectivity index (χ3v) is 5.10. The first-order valence-electron chi connectivity index (χ1n) is 9.55. The second-order valence-corrected chi connectivity index (χ2v) is 7.46. The van der Waals surface area contributed by atoms with Gasteiger partial charge in [-0.1, -0.05) is 23.1 Å². The van der Waals surface area contributed by atoms with E-state index in [2.05, 4.69) is 22.2 Å². The van der Waals surface area contributed by atoms with E-state index >= 15 is 8.78 Å². The molecular formula is C21H23F2N3O. The van der Waals surface area contributed by atoms with Crippen molar-refractivity contribution in [2.45, 2.75) is 57.6 Å². The van der Waals surface area contributed by atoms with Crippen LogP contribution in [0, 0.1) is 24.7 Å². The lowest BCUT2D eigenvalue weighted by atomic mass is 9.98. The van der Waals surface area contributed by atoms with E-state index in [1.54, 1.807) is 19.1 Å². The zero-order valence-corrected chi connectivity index (χ0v) is 15.4. The van der Waals surface area contributed by atoms with Crippen molar-refractivity contribution in [3.05, 3.63) is 46.8 Å². The number of halogens is 2. The van der Waals surface area contributed by atoms with E-state index in [0.717, 1.165) is 38.7 Å². The van der Waals surface area contributed by atoms with E-state index in [9.17, 15) is 0 Å². The van der Waals surface area contributed by atoms with Crippen LogP contribution in [-0.2, 0) is 17.2 Å². The number of hydrogen-bond donors (Lipinski definition) is 0. The molecule has 1 saturated heterocycles. The molecule has 6 heteroatoms. The molecule has 0 bridgehead atoms. The lowest BCUT2D eigenvalue weighted by molar-refractivity contribution is 0.00357. The lowest BCUT2D eigenvalue weighted by Crippen LogP contribution is -2.24. The number of rotatable bonds is 4. The Hall–Kier alpha value is -2.26. The molecule has 1 aliphatic carbocycles. The van der Waals surface area contributed by atoms with Gasteiger partial charge in [-0.15, -0.1) is 5.10 Å². The Morgan fingerprint density at radius 1 is 1.26 bits per heavy atom. The molecule has 0 amide bonds. The van der Waals surface area contributed by atoms with Gasteiger partial charge in [-0.05, 0) is 56.7 Å². The molecule has 1 aromatic heterocycles. The van der Waals surface area contributed by atoms with E-state index < -0.39 is 5.92 Å². The maximum atomic E-state index is 15.1. The number of nitrogens with zero attached hydrogens (tertiary/aromatic N) is 3. The molecule has 4 rings (SSSR count). The number of benzene rings is 1. The maximum Gasteiger partial charge on any atom is 0.318 e. The van der Waals surface area contributed by atoms with Gasteiger partial charge in [0.25, 0.3) is 0 Å². The van der Waals surface area contributed by atoms with Crippen LogP contribution in [-0.4, -0.2) is 27.7 Å². The minimum Gasteiger partial charge on any atom is -0.376 e. The molecule has 2 heterocycles. The fourth-order valence-corrected chi connectivity index (χ4v) is 3.28. The van der Waals surface area contributed by atoms with Crippen molar-refractivity contribution in [3.8, 4) is 11.8 Å². The van der Waals surface area contributed by atoms with Crippen LogP contribution < -0.4 is 0 Å². The van der Waals surface area contributed by atoms with Crippen molar-refractivity contribution in [1.82, 2.24) is 15.0 Å². The molecule has 1 aromatic carbocycles. The van der Waals surface area contributed by atoms with Crippen LogP contribution in [0.25, 0.3) is 0 Å². The van der Waals surface area contributed by atoms with Crippen molar-refractivity contribution in [2.24, 2.45) is 5.92 Å². The van der Waals surface area contributed by atoms with Crippen molar-refractivity contribution in [1.29, 1.82) is 0 Å². The monoisotopic (exact) mass is 371 g/mol. The Labute approximate surface area is 157 Å². The summed E-state index contributed by atoms with van der Waals surface area (Å²) in [5.74, 6) is 3.35. The highest BCUT2D eigenvalue weighted by atomic mass is 19.3. The lowest BCUT2D eigenvalue weighted by Gasteiger charge is -2.22. The molecule has 1 atom stereocenters. The van der Waals surface area contributed by atoms with Gasteiger partial charge in [-0.3, -0.25) is 0 Å². The fourth-order valence-electron chi connectivity index (χ4n) is 3.28. The van der Waals surface area contributed by atoms with Gasteiger partial charge in [0.1, 0.15) is 0 Å². The van der Waals surface area contributed by atoms with Crippen LogP contribution in [0.2, 0.25) is 0 Å². The second kappa shape index (κ2) is 7.40. The Morgan fingerprint density at radius 2 is 2.11 bits per heavy atom. The molecule has 0 radical (unpaired) electrons. The highest BCUT2D eigenvalue weighted by Crippen LogP contribution is 2.36. The first-order chi connectivity index (χ1) is 13.0. The van der Waals surface area contributed by atoms with E-state index in [-0.39, 0.29) is 17.4 Å². The molecule has 2 fully saturated rings. The molecule has 0 N–H and O–H groups in total. The van der Waals surface area contributed by atoms with Crippen molar-refractivity contribution in [2.75, 3.05) is 6.61 Å². The average Bonchev–Trinajstić information content (AvgIpc) is 3.38. The van der Waals surface area contributed by atoms with Crippen LogP contribution in [0.4, 0.5) is 8.78 Å². The second-order valence-electron chi connectivity index (χ2n) is 7.46. The molecule has 1 aliphatic heterocycles. The zero-order valence-electron chi connectivity index (χ0n) is 15.4. The van der Waals surface area contributed by atoms with Crippen molar-refractivity contribution in [3.63, 3.8) is 0 Å². The van der Waals surface area contributed by atoms with Gasteiger partial charge in [0, 0.05) is 23.7 Å². The number of ether oxygens (including phenoxy) is 1. The van der Waals surface area contributed by atoms with Crippen LogP contribution in [0.5, 0.6) is 0 Å². The molecule has 2 aliphatic rings. The number of aryl methyl sites for hydroxylation is 1. The van der Waals surface area contributed by atoms with Crippen molar-refractivity contribution < 1.29 is 13.5 Å². The van der Waals surface area contributed by atoms with Gasteiger partial charge < -0.3 is 4.74 Å². The smallest absolute Gasteiger partial charge is 0.318 e. The van der Waals surface area contributed by atoms with Gasteiger partial charge in [0.2, 0.25) is 0 Å². The third kappa shape index (κ3) is 4.19. The highest BCUT2D eigenvalue weighted by Gasteiger charge is 2.39. The minimum atomic E-state index is -3.22. The number of hydrogen-bond acceptors (Lipinski definition) is 3. The van der Waals surface area contributed by atoms with Crippen LogP contribution in [0.1, 0.15) is 54.5 Å². The minimum absolute atomic E-state index is 0.0182. The van der Waals surface area contributed by atoms with E-state index in [1.165, 1.54) is 16.9 Å². The summed E-state index contributed by atoms with van der Waals surface area (Å²) < 4.78 is 37.4. The number of aromatic nitrogens is 3. The quantitative estimate of drug-likeness (QED) is 0.761. The average molecular weight is 371 g/mol. The summed E-state index contributed by atoms with van der Waals surface area (Å²) in [5.41, 5.74) is 0.729. The summed E-state index contributed by atoms with van der Waals surface area (Å²) in [6, 6.07) is 4.97. The molecule has 0 spiro atoms. The van der Waals surface area contributed by atoms with E-state index in [1.807, 2.05) is 0 Å². The largest absolute Gasteiger partial charge is 0.376 e. The van der Waals surface area contributed by atoms with Crippen LogP contribution in [0.15, 0.2) is 24.4 Å². The summed E-state index contributed by atoms with van der Waals surface area (Å²) in [4.78, 5) is 0. The van der Waals surface area contributed by atoms with E-state index in [4.69, 9.17) is 4.74 Å². The van der Waals surface area contributed by atoms with Crippen molar-refractivity contribution >= 4 is 0 Å². The fraction of sp³-hybridized carbons (Fsp3) is 0.524. The van der Waals surface area contributed by atoms with Gasteiger partial charge >= 0.3 is 5.92 Å². The van der Waals surface area contributed by atoms with Gasteiger partial charge in [-0.2, -0.15) is 8.78 Å². The molecule has 1 unspecified atom stereocenters. The Morgan fingerprint density at radius 3 is 2.85 bits per heavy atom. The summed E-state index contributed by atoms with van der Waals surface area (Å²) in [6.45, 7) is 2.85. The number of alkyl halides is 2. The summed E-state index contributed by atoms with van der Waals surface area (Å²) in [6.07, 6.45) is 6.63. The topological polar surface area (TPSA) is 39.9 Å². The SMILES string of the molecule is Cc1ccc(C#CC2CC2)cc1C(F)(F)c1cn(CC2CCCCO2)nn1. The normalized spacial score (nSPS) is 20.2. The van der Waals surface area contributed by atoms with Crippen LogP contribution >= 0.6 is 0 Å². The van der Waals surface area contributed by atoms with Crippen LogP contribution in [0.3, 0.4) is 0 Å². The Balaban J connectivity index is 1.55.